The number of halogens is 2. The smallest absolute Gasteiger partial charge is 0.249 e. The van der Waals surface area contributed by atoms with Crippen molar-refractivity contribution in [3.05, 3.63) is 63.6 Å². The summed E-state index contributed by atoms with van der Waals surface area (Å²) in [5.41, 5.74) is 1.64. The molecule has 2 fully saturated rings. The molecule has 0 radical (unpaired) electrons. The van der Waals surface area contributed by atoms with Gasteiger partial charge in [-0.15, -0.1) is 0 Å². The molecule has 3 aliphatic heterocycles. The highest BCUT2D eigenvalue weighted by Crippen LogP contribution is 2.45. The Kier molecular flexibility index (Phi) is 7.56. The lowest BCUT2D eigenvalue weighted by molar-refractivity contribution is -0.142. The van der Waals surface area contributed by atoms with E-state index in [2.05, 4.69) is 15.1 Å². The van der Waals surface area contributed by atoms with Gasteiger partial charge < -0.3 is 15.3 Å². The van der Waals surface area contributed by atoms with Gasteiger partial charge >= 0.3 is 0 Å². The summed E-state index contributed by atoms with van der Waals surface area (Å²) in [5, 5.41) is 13.5. The maximum Gasteiger partial charge on any atom is 0.249 e. The van der Waals surface area contributed by atoms with Gasteiger partial charge in [0.05, 0.1) is 12.5 Å². The van der Waals surface area contributed by atoms with Crippen LogP contribution in [-0.2, 0) is 21.5 Å². The molecule has 5 rings (SSSR count). The number of aliphatic hydroxyl groups excluding tert-OH is 1. The molecule has 2 amide bonds. The van der Waals surface area contributed by atoms with Gasteiger partial charge in [-0.25, -0.2) is 0 Å². The minimum Gasteiger partial charge on any atom is -0.395 e. The fourth-order valence-electron chi connectivity index (χ4n) is 5.99. The van der Waals surface area contributed by atoms with Crippen LogP contribution < -0.4 is 5.32 Å². The van der Waals surface area contributed by atoms with Gasteiger partial charge in [0.2, 0.25) is 11.8 Å². The number of hydrogen-bond acceptors (Lipinski definition) is 5. The predicted molar refractivity (Wildman–Crippen MR) is 141 cm³/mol. The van der Waals surface area contributed by atoms with Crippen molar-refractivity contribution in [1.29, 1.82) is 0 Å². The highest BCUT2D eigenvalue weighted by molar-refractivity contribution is 6.31. The number of amides is 2. The molecule has 2 aromatic rings. The lowest BCUT2D eigenvalue weighted by Crippen LogP contribution is -2.58. The van der Waals surface area contributed by atoms with Crippen LogP contribution in [0.3, 0.4) is 0 Å². The molecule has 36 heavy (non-hydrogen) atoms. The summed E-state index contributed by atoms with van der Waals surface area (Å²) in [6, 6.07) is 13.2. The summed E-state index contributed by atoms with van der Waals surface area (Å²) in [6.07, 6.45) is 2.11. The standard InChI is InChI=1S/C27H32Cl2N4O3/c28-21-5-1-3-19(15-21)17-27(23-7-6-22(29)16-24(23)30-26(27)36)33-8-2-4-20(18-33)25(35)32-11-9-31(10-12-32)13-14-34/h1,3,5-7,15-16,20,34H,2,4,8-14,17-18H2,(H,30,36). The number of fused-ring (bicyclic) bond motifs is 1. The second kappa shape index (κ2) is 10.7. The molecule has 2 N–H and O–H groups in total. The third-order valence-electron chi connectivity index (χ3n) is 7.81. The molecule has 2 unspecified atom stereocenters. The summed E-state index contributed by atoms with van der Waals surface area (Å²) in [7, 11) is 0. The number of nitrogens with zero attached hydrogens (tertiary/aromatic N) is 3. The number of nitrogens with one attached hydrogen (secondary N) is 1. The number of hydrogen-bond donors (Lipinski definition) is 2. The Hall–Kier alpha value is -2.16. The molecule has 0 spiro atoms. The summed E-state index contributed by atoms with van der Waals surface area (Å²) < 4.78 is 0. The minimum absolute atomic E-state index is 0.0922. The van der Waals surface area contributed by atoms with Crippen molar-refractivity contribution in [2.24, 2.45) is 5.92 Å². The quantitative estimate of drug-likeness (QED) is 0.599. The van der Waals surface area contributed by atoms with Gasteiger partial charge in [0.1, 0.15) is 5.54 Å². The molecule has 2 atom stereocenters. The molecule has 0 aromatic heterocycles. The maximum atomic E-state index is 13.8. The zero-order chi connectivity index (χ0) is 25.3. The number of piperidine rings is 1. The van der Waals surface area contributed by atoms with Crippen LogP contribution in [0.1, 0.15) is 24.0 Å². The van der Waals surface area contributed by atoms with E-state index < -0.39 is 5.54 Å². The summed E-state index contributed by atoms with van der Waals surface area (Å²) in [6.45, 7) is 4.92. The number of carbonyl (C=O) groups excluding carboxylic acids is 2. The fraction of sp³-hybridized carbons (Fsp3) is 0.481. The lowest BCUT2D eigenvalue weighted by Gasteiger charge is -2.45. The van der Waals surface area contributed by atoms with Crippen LogP contribution in [-0.4, -0.2) is 84.0 Å². The first-order chi connectivity index (χ1) is 17.4. The van der Waals surface area contributed by atoms with Crippen LogP contribution in [0.25, 0.3) is 0 Å². The Morgan fingerprint density at radius 3 is 2.58 bits per heavy atom. The zero-order valence-electron chi connectivity index (χ0n) is 20.3. The van der Waals surface area contributed by atoms with E-state index in [1.54, 1.807) is 6.07 Å². The topological polar surface area (TPSA) is 76.1 Å². The second-order valence-electron chi connectivity index (χ2n) is 9.99. The van der Waals surface area contributed by atoms with Crippen LogP contribution in [0.4, 0.5) is 5.69 Å². The fourth-order valence-corrected chi connectivity index (χ4v) is 6.37. The number of piperazine rings is 1. The van der Waals surface area contributed by atoms with E-state index in [0.29, 0.717) is 42.6 Å². The number of β-amino-alcohol motifs (C(OH)–C–C–N with tert-alkyl or cyclic N) is 1. The monoisotopic (exact) mass is 530 g/mol. The largest absolute Gasteiger partial charge is 0.395 e. The van der Waals surface area contributed by atoms with Gasteiger partial charge in [-0.3, -0.25) is 19.4 Å². The number of benzene rings is 2. The van der Waals surface area contributed by atoms with E-state index in [9.17, 15) is 14.7 Å². The average molecular weight is 531 g/mol. The highest BCUT2D eigenvalue weighted by atomic mass is 35.5. The van der Waals surface area contributed by atoms with Gasteiger partial charge in [-0.1, -0.05) is 41.4 Å². The van der Waals surface area contributed by atoms with Crippen LogP contribution >= 0.6 is 23.2 Å². The number of aliphatic hydroxyl groups is 1. The summed E-state index contributed by atoms with van der Waals surface area (Å²) >= 11 is 12.6. The van der Waals surface area contributed by atoms with Gasteiger partial charge in [0, 0.05) is 67.0 Å². The number of rotatable bonds is 6. The highest BCUT2D eigenvalue weighted by Gasteiger charge is 2.52. The molecule has 3 aliphatic rings. The molecule has 2 saturated heterocycles. The van der Waals surface area contributed by atoms with Crippen molar-refractivity contribution in [3.63, 3.8) is 0 Å². The van der Waals surface area contributed by atoms with E-state index in [1.807, 2.05) is 41.3 Å². The molecule has 0 saturated carbocycles. The van der Waals surface area contributed by atoms with Crippen LogP contribution in [0.15, 0.2) is 42.5 Å². The van der Waals surface area contributed by atoms with E-state index in [4.69, 9.17) is 23.2 Å². The maximum absolute atomic E-state index is 13.8. The van der Waals surface area contributed by atoms with Crippen molar-refractivity contribution in [2.45, 2.75) is 24.8 Å². The average Bonchev–Trinajstić information content (AvgIpc) is 3.15. The Bertz CT molecular complexity index is 1140. The van der Waals surface area contributed by atoms with Crippen molar-refractivity contribution in [1.82, 2.24) is 14.7 Å². The van der Waals surface area contributed by atoms with Crippen molar-refractivity contribution in [3.8, 4) is 0 Å². The molecule has 2 aromatic carbocycles. The number of carbonyl (C=O) groups is 2. The summed E-state index contributed by atoms with van der Waals surface area (Å²) in [4.78, 5) is 33.7. The Morgan fingerprint density at radius 1 is 1.06 bits per heavy atom. The Morgan fingerprint density at radius 2 is 1.83 bits per heavy atom. The molecular formula is C27H32Cl2N4O3. The normalized spacial score (nSPS) is 25.0. The van der Waals surface area contributed by atoms with Crippen LogP contribution in [0, 0.1) is 5.92 Å². The van der Waals surface area contributed by atoms with Crippen LogP contribution in [0.2, 0.25) is 10.0 Å². The van der Waals surface area contributed by atoms with Crippen LogP contribution in [0.5, 0.6) is 0 Å². The lowest BCUT2D eigenvalue weighted by atomic mass is 9.80. The molecular weight excluding hydrogens is 499 g/mol. The van der Waals surface area contributed by atoms with Crippen molar-refractivity contribution >= 4 is 40.7 Å². The van der Waals surface area contributed by atoms with E-state index in [1.165, 1.54) is 0 Å². The molecule has 192 valence electrons. The molecule has 0 bridgehead atoms. The van der Waals surface area contributed by atoms with Gasteiger partial charge in [0.15, 0.2) is 0 Å². The summed E-state index contributed by atoms with van der Waals surface area (Å²) in [5.74, 6) is -0.0926. The Labute approximate surface area is 221 Å². The molecule has 9 heteroatoms. The van der Waals surface area contributed by atoms with Gasteiger partial charge in [-0.2, -0.15) is 0 Å². The van der Waals surface area contributed by atoms with E-state index in [0.717, 1.165) is 49.3 Å². The van der Waals surface area contributed by atoms with Crippen molar-refractivity contribution in [2.75, 3.05) is 57.7 Å². The van der Waals surface area contributed by atoms with Crippen molar-refractivity contribution < 1.29 is 14.7 Å². The van der Waals surface area contributed by atoms with Gasteiger partial charge in [0.25, 0.3) is 0 Å². The van der Waals surface area contributed by atoms with E-state index in [-0.39, 0.29) is 24.3 Å². The Balaban J connectivity index is 1.43. The first-order valence-corrected chi connectivity index (χ1v) is 13.4. The molecule has 3 heterocycles. The number of anilines is 1. The zero-order valence-corrected chi connectivity index (χ0v) is 21.8. The SMILES string of the molecule is O=C(C1CCCN(C2(Cc3cccc(Cl)c3)C(=O)Nc3cc(Cl)ccc32)C1)N1CCN(CCO)CC1. The first kappa shape index (κ1) is 25.5. The van der Waals surface area contributed by atoms with Gasteiger partial charge in [-0.05, 0) is 49.2 Å². The minimum atomic E-state index is -0.941. The predicted octanol–water partition coefficient (Wildman–Crippen LogP) is 3.23. The first-order valence-electron chi connectivity index (χ1n) is 12.6. The third-order valence-corrected chi connectivity index (χ3v) is 8.28. The second-order valence-corrected chi connectivity index (χ2v) is 10.9. The number of likely N-dealkylation sites (tertiary alicyclic amines) is 1. The third kappa shape index (κ3) is 4.87. The molecule has 0 aliphatic carbocycles. The van der Waals surface area contributed by atoms with E-state index >= 15 is 0 Å². The molecule has 7 nitrogen and oxygen atoms in total.